The van der Waals surface area contributed by atoms with Crippen molar-refractivity contribution in [3.63, 3.8) is 0 Å². The Labute approximate surface area is 117 Å². The molecule has 0 aliphatic heterocycles. The Bertz CT molecular complexity index is 708. The van der Waals surface area contributed by atoms with Crippen LogP contribution in [0.25, 0.3) is 11.0 Å². The van der Waals surface area contributed by atoms with E-state index in [1.807, 2.05) is 37.6 Å². The van der Waals surface area contributed by atoms with Gasteiger partial charge in [0.05, 0.1) is 6.26 Å². The van der Waals surface area contributed by atoms with Gasteiger partial charge in [-0.15, -0.1) is 0 Å². The van der Waals surface area contributed by atoms with Gasteiger partial charge in [0.15, 0.2) is 0 Å². The smallest absolute Gasteiger partial charge is 0.134 e. The summed E-state index contributed by atoms with van der Waals surface area (Å²) in [6.45, 7) is 0.795. The van der Waals surface area contributed by atoms with Crippen molar-refractivity contribution >= 4 is 22.6 Å². The maximum absolute atomic E-state index is 5.52. The lowest BCUT2D eigenvalue weighted by molar-refractivity contribution is 0.610. The monoisotopic (exact) mass is 268 g/mol. The van der Waals surface area contributed by atoms with Gasteiger partial charge in [-0.25, -0.2) is 9.97 Å². The molecular weight excluding hydrogens is 252 g/mol. The zero-order valence-electron chi connectivity index (χ0n) is 11.3. The number of hydrogen-bond donors (Lipinski definition) is 2. The van der Waals surface area contributed by atoms with Crippen LogP contribution in [0.4, 0.5) is 11.6 Å². The van der Waals surface area contributed by atoms with E-state index in [-0.39, 0.29) is 0 Å². The normalized spacial score (nSPS) is 10.7. The van der Waals surface area contributed by atoms with E-state index in [9.17, 15) is 0 Å². The van der Waals surface area contributed by atoms with E-state index in [1.165, 1.54) is 10.9 Å². The lowest BCUT2D eigenvalue weighted by Gasteiger charge is -2.06. The average molecular weight is 268 g/mol. The molecule has 0 bridgehead atoms. The van der Waals surface area contributed by atoms with Crippen LogP contribution in [0.5, 0.6) is 0 Å². The number of furan rings is 1. The van der Waals surface area contributed by atoms with Gasteiger partial charge in [0.2, 0.25) is 0 Å². The van der Waals surface area contributed by atoms with E-state index in [1.54, 1.807) is 6.33 Å². The minimum atomic E-state index is 0.795. The number of fused-ring (bicyclic) bond motifs is 1. The summed E-state index contributed by atoms with van der Waals surface area (Å²) in [7, 11) is 1.84. The number of para-hydroxylation sites is 1. The third kappa shape index (κ3) is 2.56. The van der Waals surface area contributed by atoms with Gasteiger partial charge >= 0.3 is 0 Å². The summed E-state index contributed by atoms with van der Waals surface area (Å²) in [6.07, 6.45) is 4.25. The van der Waals surface area contributed by atoms with Crippen LogP contribution in [-0.2, 0) is 6.42 Å². The number of hydrogen-bond acceptors (Lipinski definition) is 5. The molecule has 0 aliphatic rings. The SMILES string of the molecule is CNc1cc(NCCc2coc3ccccc23)ncn1. The highest BCUT2D eigenvalue weighted by atomic mass is 16.3. The molecule has 0 spiro atoms. The molecule has 0 radical (unpaired) electrons. The topological polar surface area (TPSA) is 63.0 Å². The summed E-state index contributed by atoms with van der Waals surface area (Å²) >= 11 is 0. The Morgan fingerprint density at radius 3 is 2.90 bits per heavy atom. The summed E-state index contributed by atoms with van der Waals surface area (Å²) in [4.78, 5) is 8.26. The molecule has 0 unspecified atom stereocenters. The van der Waals surface area contributed by atoms with Gasteiger partial charge in [-0.3, -0.25) is 0 Å². The van der Waals surface area contributed by atoms with Crippen LogP contribution < -0.4 is 10.6 Å². The number of nitrogens with zero attached hydrogens (tertiary/aromatic N) is 2. The van der Waals surface area contributed by atoms with E-state index < -0.39 is 0 Å². The van der Waals surface area contributed by atoms with Crippen molar-refractivity contribution in [3.8, 4) is 0 Å². The Balaban J connectivity index is 1.65. The molecular formula is C15H16N4O. The third-order valence-electron chi connectivity index (χ3n) is 3.18. The van der Waals surface area contributed by atoms with Crippen molar-refractivity contribution in [3.05, 3.63) is 48.5 Å². The maximum atomic E-state index is 5.52. The molecule has 0 atom stereocenters. The highest BCUT2D eigenvalue weighted by Crippen LogP contribution is 2.21. The summed E-state index contributed by atoms with van der Waals surface area (Å²) in [6, 6.07) is 9.95. The Hall–Kier alpha value is -2.56. The van der Waals surface area contributed by atoms with E-state index >= 15 is 0 Å². The summed E-state index contributed by atoms with van der Waals surface area (Å²) in [5, 5.41) is 7.45. The van der Waals surface area contributed by atoms with Gasteiger partial charge in [0.25, 0.3) is 0 Å². The number of benzene rings is 1. The molecule has 2 N–H and O–H groups in total. The van der Waals surface area contributed by atoms with Crippen LogP contribution in [0.1, 0.15) is 5.56 Å². The largest absolute Gasteiger partial charge is 0.464 e. The first-order valence-corrected chi connectivity index (χ1v) is 6.55. The number of aromatic nitrogens is 2. The van der Waals surface area contributed by atoms with Crippen LogP contribution in [0.2, 0.25) is 0 Å². The van der Waals surface area contributed by atoms with Crippen LogP contribution in [-0.4, -0.2) is 23.6 Å². The first kappa shape index (κ1) is 12.5. The van der Waals surface area contributed by atoms with Crippen molar-refractivity contribution < 1.29 is 4.42 Å². The highest BCUT2D eigenvalue weighted by Gasteiger charge is 2.04. The molecule has 20 heavy (non-hydrogen) atoms. The third-order valence-corrected chi connectivity index (χ3v) is 3.18. The van der Waals surface area contributed by atoms with Crippen LogP contribution in [0.15, 0.2) is 47.3 Å². The molecule has 3 rings (SSSR count). The zero-order valence-corrected chi connectivity index (χ0v) is 11.3. The average Bonchev–Trinajstić information content (AvgIpc) is 2.91. The molecule has 0 saturated heterocycles. The van der Waals surface area contributed by atoms with Crippen molar-refractivity contribution in [2.24, 2.45) is 0 Å². The second-order valence-electron chi connectivity index (χ2n) is 4.47. The molecule has 2 aromatic heterocycles. The number of rotatable bonds is 5. The van der Waals surface area contributed by atoms with E-state index in [4.69, 9.17) is 4.42 Å². The van der Waals surface area contributed by atoms with Crippen molar-refractivity contribution in [2.75, 3.05) is 24.2 Å². The predicted octanol–water partition coefficient (Wildman–Crippen LogP) is 2.92. The first-order chi connectivity index (χ1) is 9.86. The van der Waals surface area contributed by atoms with E-state index in [0.29, 0.717) is 0 Å². The minimum absolute atomic E-state index is 0.795. The minimum Gasteiger partial charge on any atom is -0.464 e. The number of anilines is 2. The molecule has 5 heteroatoms. The summed E-state index contributed by atoms with van der Waals surface area (Å²) < 4.78 is 5.52. The molecule has 5 nitrogen and oxygen atoms in total. The standard InChI is InChI=1S/C15H16N4O/c1-16-14-8-15(19-10-18-14)17-7-6-11-9-20-13-5-3-2-4-12(11)13/h2-5,8-10H,6-7H2,1H3,(H2,16,17,18,19). The first-order valence-electron chi connectivity index (χ1n) is 6.55. The van der Waals surface area contributed by atoms with Gasteiger partial charge in [0, 0.05) is 25.0 Å². The summed E-state index contributed by atoms with van der Waals surface area (Å²) in [5.41, 5.74) is 2.14. The molecule has 0 amide bonds. The van der Waals surface area contributed by atoms with Gasteiger partial charge in [-0.05, 0) is 18.1 Å². The molecule has 0 saturated carbocycles. The lowest BCUT2D eigenvalue weighted by atomic mass is 10.1. The molecule has 2 heterocycles. The molecule has 3 aromatic rings. The van der Waals surface area contributed by atoms with Crippen LogP contribution in [0, 0.1) is 0 Å². The highest BCUT2D eigenvalue weighted by molar-refractivity contribution is 5.80. The van der Waals surface area contributed by atoms with Gasteiger partial charge in [-0.2, -0.15) is 0 Å². The molecule has 102 valence electrons. The second kappa shape index (κ2) is 5.61. The van der Waals surface area contributed by atoms with Gasteiger partial charge < -0.3 is 15.1 Å². The van der Waals surface area contributed by atoms with Crippen LogP contribution in [0.3, 0.4) is 0 Å². The van der Waals surface area contributed by atoms with Crippen molar-refractivity contribution in [1.29, 1.82) is 0 Å². The molecule has 0 fully saturated rings. The quantitative estimate of drug-likeness (QED) is 0.745. The van der Waals surface area contributed by atoms with Crippen molar-refractivity contribution in [1.82, 2.24) is 9.97 Å². The predicted molar refractivity (Wildman–Crippen MR) is 80.0 cm³/mol. The molecule has 1 aromatic carbocycles. The Kier molecular flexibility index (Phi) is 3.50. The molecule has 0 aliphatic carbocycles. The number of nitrogens with one attached hydrogen (secondary N) is 2. The zero-order chi connectivity index (χ0) is 13.8. The lowest BCUT2D eigenvalue weighted by Crippen LogP contribution is -2.06. The second-order valence-corrected chi connectivity index (χ2v) is 4.47. The fourth-order valence-corrected chi connectivity index (χ4v) is 2.14. The Morgan fingerprint density at radius 2 is 2.00 bits per heavy atom. The summed E-state index contributed by atoms with van der Waals surface area (Å²) in [5.74, 6) is 1.62. The van der Waals surface area contributed by atoms with Crippen molar-refractivity contribution in [2.45, 2.75) is 6.42 Å². The fourth-order valence-electron chi connectivity index (χ4n) is 2.14. The van der Waals surface area contributed by atoms with Crippen LogP contribution >= 0.6 is 0 Å². The van der Waals surface area contributed by atoms with E-state index in [2.05, 4.69) is 26.7 Å². The maximum Gasteiger partial charge on any atom is 0.134 e. The van der Waals surface area contributed by atoms with Gasteiger partial charge in [-0.1, -0.05) is 18.2 Å². The van der Waals surface area contributed by atoms with Gasteiger partial charge in [0.1, 0.15) is 23.5 Å². The Morgan fingerprint density at radius 1 is 1.15 bits per heavy atom. The fraction of sp³-hybridized carbons (Fsp3) is 0.200. The van der Waals surface area contributed by atoms with E-state index in [0.717, 1.165) is 30.2 Å².